The van der Waals surface area contributed by atoms with Gasteiger partial charge in [0.2, 0.25) is 0 Å². The Morgan fingerprint density at radius 3 is 1.52 bits per heavy atom. The molecule has 4 aromatic heterocycles. The first-order chi connectivity index (χ1) is 28.3. The summed E-state index contributed by atoms with van der Waals surface area (Å²) in [5, 5.41) is 16.2. The quantitative estimate of drug-likeness (QED) is 0.140. The molecule has 0 amide bonds. The van der Waals surface area contributed by atoms with Crippen molar-refractivity contribution >= 4 is 41.5 Å². The molecular formula is C35H28F6N8O10S2. The van der Waals surface area contributed by atoms with E-state index < -0.39 is 94.0 Å². The van der Waals surface area contributed by atoms with Gasteiger partial charge in [-0.3, -0.25) is 9.59 Å². The molecule has 0 radical (unpaired) electrons. The van der Waals surface area contributed by atoms with Crippen molar-refractivity contribution in [1.29, 1.82) is 0 Å². The molecule has 3 N–H and O–H groups in total. The van der Waals surface area contributed by atoms with E-state index in [9.17, 15) is 67.6 Å². The number of H-pyrrole nitrogens is 2. The Kier molecular flexibility index (Phi) is 11.4. The lowest BCUT2D eigenvalue weighted by Gasteiger charge is -2.16. The molecule has 0 aliphatic carbocycles. The van der Waals surface area contributed by atoms with Gasteiger partial charge in [-0.25, -0.2) is 35.6 Å². The molecule has 0 saturated carbocycles. The minimum Gasteiger partial charge on any atom is -0.411 e. The van der Waals surface area contributed by atoms with E-state index in [2.05, 4.69) is 20.2 Å². The maximum absolute atomic E-state index is 13.9. The molecule has 0 bridgehead atoms. The fourth-order valence-corrected chi connectivity index (χ4v) is 7.39. The number of nitrogens with zero attached hydrogens (tertiary/aromatic N) is 6. The van der Waals surface area contributed by atoms with Gasteiger partial charge in [-0.05, 0) is 42.0 Å². The van der Waals surface area contributed by atoms with Crippen molar-refractivity contribution in [3.05, 3.63) is 137 Å². The third-order valence-electron chi connectivity index (χ3n) is 8.56. The van der Waals surface area contributed by atoms with Crippen LogP contribution < -0.4 is 27.3 Å². The second-order valence-electron chi connectivity index (χ2n) is 13.3. The molecule has 0 spiro atoms. The molecule has 61 heavy (non-hydrogen) atoms. The van der Waals surface area contributed by atoms with Gasteiger partial charge in [0, 0.05) is 23.6 Å². The second kappa shape index (κ2) is 15.9. The number of benzene rings is 3. The predicted octanol–water partition coefficient (Wildman–Crippen LogP) is 3.01. The first-order valence-electron chi connectivity index (χ1n) is 16.9. The highest BCUT2D eigenvalue weighted by atomic mass is 32.2. The normalized spacial score (nSPS) is 12.4. The van der Waals surface area contributed by atoms with E-state index in [1.165, 1.54) is 12.3 Å². The molecule has 7 rings (SSSR count). The van der Waals surface area contributed by atoms with Crippen LogP contribution in [0.2, 0.25) is 0 Å². The van der Waals surface area contributed by atoms with E-state index in [1.807, 2.05) is 0 Å². The van der Waals surface area contributed by atoms with Gasteiger partial charge in [0.25, 0.3) is 11.1 Å². The molecular weight excluding hydrogens is 871 g/mol. The van der Waals surface area contributed by atoms with E-state index >= 15 is 0 Å². The zero-order valence-electron chi connectivity index (χ0n) is 31.0. The molecule has 322 valence electrons. The van der Waals surface area contributed by atoms with Gasteiger partial charge in [-0.1, -0.05) is 35.2 Å². The molecule has 3 aromatic carbocycles. The third-order valence-corrected chi connectivity index (χ3v) is 10.0. The lowest BCUT2D eigenvalue weighted by Crippen LogP contribution is -2.37. The minimum atomic E-state index is -4.87. The zero-order valence-corrected chi connectivity index (χ0v) is 32.6. The van der Waals surface area contributed by atoms with Crippen LogP contribution in [0, 0.1) is 0 Å². The summed E-state index contributed by atoms with van der Waals surface area (Å²) in [6.45, 7) is 0.0128. The van der Waals surface area contributed by atoms with Gasteiger partial charge in [0.15, 0.2) is 19.7 Å². The van der Waals surface area contributed by atoms with E-state index in [0.717, 1.165) is 47.3 Å². The summed E-state index contributed by atoms with van der Waals surface area (Å²) in [7, 11) is -7.56. The summed E-state index contributed by atoms with van der Waals surface area (Å²) in [6.07, 6.45) is -5.81. The van der Waals surface area contributed by atoms with E-state index in [1.54, 1.807) is 30.3 Å². The summed E-state index contributed by atoms with van der Waals surface area (Å²) in [4.78, 5) is 60.4. The number of hydrogen-bond acceptors (Lipinski definition) is 12. The number of rotatable bonds is 9. The Bertz CT molecular complexity index is 3300. The van der Waals surface area contributed by atoms with Crippen LogP contribution in [0.5, 0.6) is 0 Å². The standard InChI is InChI=1S/C21H17F3N4O5S.C14H11F3N4O5S/c1-34(31,32)12-27-19(29)15-9-14(16(21(22,23)24)10-17(15)26-20(27)30)18-7-8-25-28(18)33-11-13-5-3-2-4-6-13;1-27(25,26)6-20-12(22)8-4-7(11-2-3-18-21(11)24)9(14(15,16)17)5-10(8)19-13(20)23/h2-10H,11-12H2,1H3,(H,26,30);2-5,24H,6H2,1H3,(H,19,23). The summed E-state index contributed by atoms with van der Waals surface area (Å²) in [5.41, 5.74) is -8.27. The van der Waals surface area contributed by atoms with Crippen LogP contribution in [0.3, 0.4) is 0 Å². The van der Waals surface area contributed by atoms with Crippen molar-refractivity contribution in [2.75, 3.05) is 12.5 Å². The lowest BCUT2D eigenvalue weighted by molar-refractivity contribution is -0.137. The first-order valence-corrected chi connectivity index (χ1v) is 21.0. The number of nitrogens with one attached hydrogen (secondary N) is 2. The van der Waals surface area contributed by atoms with Gasteiger partial charge in [-0.15, -0.1) is 15.0 Å². The molecule has 4 heterocycles. The smallest absolute Gasteiger partial charge is 0.411 e. The zero-order chi connectivity index (χ0) is 44.8. The van der Waals surface area contributed by atoms with Crippen molar-refractivity contribution in [3.63, 3.8) is 0 Å². The van der Waals surface area contributed by atoms with Crippen molar-refractivity contribution in [2.45, 2.75) is 30.7 Å². The Morgan fingerprint density at radius 2 is 1.10 bits per heavy atom. The van der Waals surface area contributed by atoms with Gasteiger partial charge in [0.05, 0.1) is 45.3 Å². The second-order valence-corrected chi connectivity index (χ2v) is 17.5. The monoisotopic (exact) mass is 898 g/mol. The number of aromatic nitrogens is 8. The molecule has 0 aliphatic rings. The average Bonchev–Trinajstić information content (AvgIpc) is 3.81. The highest BCUT2D eigenvalue weighted by Crippen LogP contribution is 2.39. The number of alkyl halides is 6. The van der Waals surface area contributed by atoms with Crippen LogP contribution in [0.1, 0.15) is 16.7 Å². The Hall–Kier alpha value is -6.96. The van der Waals surface area contributed by atoms with Gasteiger partial charge in [0.1, 0.15) is 29.7 Å². The highest BCUT2D eigenvalue weighted by Gasteiger charge is 2.37. The maximum Gasteiger partial charge on any atom is 0.417 e. The number of fused-ring (bicyclic) bond motifs is 2. The van der Waals surface area contributed by atoms with Gasteiger partial charge in [-0.2, -0.15) is 26.3 Å². The van der Waals surface area contributed by atoms with Crippen LogP contribution in [0.25, 0.3) is 44.3 Å². The van der Waals surface area contributed by atoms with E-state index in [-0.39, 0.29) is 39.1 Å². The Balaban J connectivity index is 0.000000210. The largest absolute Gasteiger partial charge is 0.417 e. The minimum absolute atomic E-state index is 0.0128. The summed E-state index contributed by atoms with van der Waals surface area (Å²) < 4.78 is 129. The topological polar surface area (TPSA) is 243 Å². The van der Waals surface area contributed by atoms with Crippen LogP contribution in [-0.2, 0) is 50.4 Å². The van der Waals surface area contributed by atoms with Crippen LogP contribution in [0.4, 0.5) is 26.3 Å². The molecule has 0 atom stereocenters. The van der Waals surface area contributed by atoms with E-state index in [4.69, 9.17) is 4.84 Å². The van der Waals surface area contributed by atoms with Crippen molar-refractivity contribution in [1.82, 2.24) is 39.0 Å². The number of sulfone groups is 2. The molecule has 0 saturated heterocycles. The van der Waals surface area contributed by atoms with Crippen molar-refractivity contribution in [3.8, 4) is 22.5 Å². The maximum atomic E-state index is 13.9. The molecule has 26 heteroatoms. The summed E-state index contributed by atoms with van der Waals surface area (Å²) >= 11 is 0. The number of halogens is 6. The van der Waals surface area contributed by atoms with Crippen LogP contribution >= 0.6 is 0 Å². The highest BCUT2D eigenvalue weighted by molar-refractivity contribution is 7.89. The summed E-state index contributed by atoms with van der Waals surface area (Å²) in [5.74, 6) is -1.86. The predicted molar refractivity (Wildman–Crippen MR) is 204 cm³/mol. The number of hydrogen-bond donors (Lipinski definition) is 3. The van der Waals surface area contributed by atoms with Gasteiger partial charge >= 0.3 is 23.7 Å². The Labute approximate surface area is 336 Å². The van der Waals surface area contributed by atoms with Crippen molar-refractivity contribution < 1.29 is 53.2 Å². The molecule has 7 aromatic rings. The molecule has 0 fully saturated rings. The fourth-order valence-electron chi connectivity index (χ4n) is 5.99. The van der Waals surface area contributed by atoms with Crippen molar-refractivity contribution in [2.24, 2.45) is 0 Å². The lowest BCUT2D eigenvalue weighted by atomic mass is 10.0. The number of aromatic amines is 2. The SMILES string of the molecule is CS(=O)(=O)Cn1c(=O)[nH]c2cc(C(F)(F)F)c(-c3ccnn3O)cc2c1=O.CS(=O)(=O)Cn1c(=O)[nH]c2cc(C(F)(F)F)c(-c3ccnn3OCc3ccccc3)cc2c1=O. The third kappa shape index (κ3) is 9.59. The Morgan fingerprint density at radius 1 is 0.656 bits per heavy atom. The van der Waals surface area contributed by atoms with Crippen LogP contribution in [-0.4, -0.2) is 73.5 Å². The molecule has 0 aliphatic heterocycles. The summed E-state index contributed by atoms with van der Waals surface area (Å²) in [6, 6.07) is 14.2. The fraction of sp³-hybridized carbons (Fsp3) is 0.200. The average molecular weight is 899 g/mol. The van der Waals surface area contributed by atoms with Gasteiger partial charge < -0.3 is 20.0 Å². The molecule has 18 nitrogen and oxygen atoms in total. The van der Waals surface area contributed by atoms with Crippen LogP contribution in [0.15, 0.2) is 98.3 Å². The van der Waals surface area contributed by atoms with E-state index in [0.29, 0.717) is 21.3 Å². The first kappa shape index (κ1) is 43.6. The molecule has 0 unspecified atom stereocenters.